The topological polar surface area (TPSA) is 40.7 Å². The number of likely N-dealkylation sites (N-methyl/N-ethyl adjacent to an activating group) is 1. The minimum atomic E-state index is 0.960. The molecule has 0 saturated carbocycles. The van der Waals surface area contributed by atoms with E-state index in [1.54, 1.807) is 0 Å². The Balaban J connectivity index is 2.20. The van der Waals surface area contributed by atoms with E-state index in [0.717, 1.165) is 36.4 Å². The van der Waals surface area contributed by atoms with Gasteiger partial charge >= 0.3 is 0 Å². The van der Waals surface area contributed by atoms with Crippen molar-refractivity contribution in [2.24, 2.45) is 0 Å². The zero-order valence-corrected chi connectivity index (χ0v) is 9.30. The largest absolute Gasteiger partial charge is 0.342 e. The van der Waals surface area contributed by atoms with Gasteiger partial charge in [-0.25, -0.2) is 4.98 Å². The summed E-state index contributed by atoms with van der Waals surface area (Å²) in [4.78, 5) is 7.93. The second kappa shape index (κ2) is 4.45. The smallest absolute Gasteiger partial charge is 0.108 e. The number of nitrogens with one attached hydrogen (secondary N) is 2. The fourth-order valence-electron chi connectivity index (χ4n) is 1.73. The van der Waals surface area contributed by atoms with Crippen LogP contribution in [0.1, 0.15) is 18.3 Å². The van der Waals surface area contributed by atoms with Crippen molar-refractivity contribution in [3.8, 4) is 0 Å². The summed E-state index contributed by atoms with van der Waals surface area (Å²) in [7, 11) is 0. The highest BCUT2D eigenvalue weighted by Crippen LogP contribution is 2.15. The molecule has 0 aliphatic heterocycles. The Morgan fingerprint density at radius 3 is 3.00 bits per heavy atom. The van der Waals surface area contributed by atoms with Crippen molar-refractivity contribution >= 4 is 11.0 Å². The van der Waals surface area contributed by atoms with Crippen LogP contribution in [0.2, 0.25) is 0 Å². The van der Waals surface area contributed by atoms with Crippen LogP contribution in [-0.4, -0.2) is 23.1 Å². The Hall–Kier alpha value is -1.35. The molecule has 0 aliphatic rings. The Morgan fingerprint density at radius 1 is 1.40 bits per heavy atom. The zero-order chi connectivity index (χ0) is 10.7. The van der Waals surface area contributed by atoms with Crippen LogP contribution in [0.3, 0.4) is 0 Å². The molecule has 2 N–H and O–H groups in total. The molecule has 1 aromatic heterocycles. The number of hydrogen-bond acceptors (Lipinski definition) is 2. The fraction of sp³-hybridized carbons (Fsp3) is 0.417. The lowest BCUT2D eigenvalue weighted by Gasteiger charge is -1.96. The van der Waals surface area contributed by atoms with Crippen LogP contribution in [0.15, 0.2) is 18.2 Å². The highest BCUT2D eigenvalue weighted by Gasteiger charge is 2.03. The van der Waals surface area contributed by atoms with Crippen LogP contribution in [0.5, 0.6) is 0 Å². The van der Waals surface area contributed by atoms with Gasteiger partial charge in [0.15, 0.2) is 0 Å². The number of nitrogens with zero attached hydrogens (tertiary/aromatic N) is 1. The average Bonchev–Trinajstić information content (AvgIpc) is 2.63. The van der Waals surface area contributed by atoms with Crippen molar-refractivity contribution in [3.05, 3.63) is 29.6 Å². The number of fused-ring (bicyclic) bond motifs is 1. The first-order chi connectivity index (χ1) is 7.31. The summed E-state index contributed by atoms with van der Waals surface area (Å²) < 4.78 is 0. The summed E-state index contributed by atoms with van der Waals surface area (Å²) in [6, 6.07) is 6.23. The quantitative estimate of drug-likeness (QED) is 0.746. The van der Waals surface area contributed by atoms with E-state index in [9.17, 15) is 0 Å². The molecular weight excluding hydrogens is 186 g/mol. The number of para-hydroxylation sites is 1. The molecule has 0 fully saturated rings. The molecule has 2 rings (SSSR count). The molecule has 0 spiro atoms. The van der Waals surface area contributed by atoms with E-state index in [-0.39, 0.29) is 0 Å². The normalized spacial score (nSPS) is 11.1. The summed E-state index contributed by atoms with van der Waals surface area (Å²) >= 11 is 0. The third kappa shape index (κ3) is 2.18. The molecule has 0 saturated heterocycles. The molecule has 80 valence electrons. The van der Waals surface area contributed by atoms with E-state index in [1.165, 1.54) is 5.56 Å². The number of benzene rings is 1. The Kier molecular flexibility index (Phi) is 3.02. The molecule has 2 aromatic rings. The number of rotatable bonds is 4. The van der Waals surface area contributed by atoms with Crippen molar-refractivity contribution in [2.45, 2.75) is 20.3 Å². The van der Waals surface area contributed by atoms with Gasteiger partial charge in [0.2, 0.25) is 0 Å². The number of hydrogen-bond donors (Lipinski definition) is 2. The van der Waals surface area contributed by atoms with Gasteiger partial charge in [-0.15, -0.1) is 0 Å². The first-order valence-electron chi connectivity index (χ1n) is 5.46. The van der Waals surface area contributed by atoms with Crippen molar-refractivity contribution in [3.63, 3.8) is 0 Å². The van der Waals surface area contributed by atoms with E-state index in [1.807, 2.05) is 0 Å². The molecule has 1 heterocycles. The summed E-state index contributed by atoms with van der Waals surface area (Å²) in [5.41, 5.74) is 3.48. The molecule has 1 aromatic carbocycles. The molecule has 3 nitrogen and oxygen atoms in total. The third-order valence-electron chi connectivity index (χ3n) is 2.55. The van der Waals surface area contributed by atoms with Gasteiger partial charge in [-0.05, 0) is 25.1 Å². The maximum atomic E-state index is 4.59. The van der Waals surface area contributed by atoms with Crippen LogP contribution in [-0.2, 0) is 6.42 Å². The highest BCUT2D eigenvalue weighted by atomic mass is 14.9. The molecule has 0 bridgehead atoms. The van der Waals surface area contributed by atoms with Gasteiger partial charge < -0.3 is 10.3 Å². The second-order valence-corrected chi connectivity index (χ2v) is 3.76. The summed E-state index contributed by atoms with van der Waals surface area (Å²) in [6.45, 7) is 6.20. The van der Waals surface area contributed by atoms with Crippen molar-refractivity contribution in [1.29, 1.82) is 0 Å². The Labute approximate surface area is 89.9 Å². The van der Waals surface area contributed by atoms with E-state index >= 15 is 0 Å². The maximum Gasteiger partial charge on any atom is 0.108 e. The predicted molar refractivity (Wildman–Crippen MR) is 63.1 cm³/mol. The monoisotopic (exact) mass is 203 g/mol. The van der Waals surface area contributed by atoms with Gasteiger partial charge in [0.05, 0.1) is 11.0 Å². The fourth-order valence-corrected chi connectivity index (χ4v) is 1.73. The minimum absolute atomic E-state index is 0.960. The van der Waals surface area contributed by atoms with Gasteiger partial charge in [0.1, 0.15) is 5.82 Å². The zero-order valence-electron chi connectivity index (χ0n) is 9.30. The molecular formula is C12H17N3. The van der Waals surface area contributed by atoms with Crippen molar-refractivity contribution in [2.75, 3.05) is 13.1 Å². The SMILES string of the molecule is CCNCCc1nc2c(C)cccc2[nH]1. The molecule has 0 atom stereocenters. The maximum absolute atomic E-state index is 4.59. The van der Waals surface area contributed by atoms with Gasteiger partial charge in [-0.2, -0.15) is 0 Å². The van der Waals surface area contributed by atoms with E-state index in [4.69, 9.17) is 0 Å². The average molecular weight is 203 g/mol. The first kappa shape index (κ1) is 10.2. The van der Waals surface area contributed by atoms with E-state index in [2.05, 4.69) is 47.3 Å². The second-order valence-electron chi connectivity index (χ2n) is 3.76. The van der Waals surface area contributed by atoms with Crippen LogP contribution >= 0.6 is 0 Å². The lowest BCUT2D eigenvalue weighted by atomic mass is 10.2. The van der Waals surface area contributed by atoms with E-state index in [0.29, 0.717) is 0 Å². The number of H-pyrrole nitrogens is 1. The van der Waals surface area contributed by atoms with Crippen molar-refractivity contribution in [1.82, 2.24) is 15.3 Å². The summed E-state index contributed by atoms with van der Waals surface area (Å²) in [5, 5.41) is 3.30. The van der Waals surface area contributed by atoms with Crippen LogP contribution in [0.4, 0.5) is 0 Å². The number of aromatic amines is 1. The molecule has 15 heavy (non-hydrogen) atoms. The lowest BCUT2D eigenvalue weighted by Crippen LogP contribution is -2.16. The van der Waals surface area contributed by atoms with Gasteiger partial charge in [0, 0.05) is 13.0 Å². The minimum Gasteiger partial charge on any atom is -0.342 e. The molecule has 3 heteroatoms. The van der Waals surface area contributed by atoms with Gasteiger partial charge in [-0.1, -0.05) is 19.1 Å². The number of imidazole rings is 1. The third-order valence-corrected chi connectivity index (χ3v) is 2.55. The predicted octanol–water partition coefficient (Wildman–Crippen LogP) is 2.02. The number of aryl methyl sites for hydroxylation is 1. The van der Waals surface area contributed by atoms with Crippen LogP contribution in [0.25, 0.3) is 11.0 Å². The van der Waals surface area contributed by atoms with Crippen molar-refractivity contribution < 1.29 is 0 Å². The molecule has 0 unspecified atom stereocenters. The Morgan fingerprint density at radius 2 is 2.27 bits per heavy atom. The summed E-state index contributed by atoms with van der Waals surface area (Å²) in [5.74, 6) is 1.07. The Bertz CT molecular complexity index is 445. The van der Waals surface area contributed by atoms with Crippen LogP contribution in [0, 0.1) is 6.92 Å². The van der Waals surface area contributed by atoms with Gasteiger partial charge in [0.25, 0.3) is 0 Å². The van der Waals surface area contributed by atoms with Crippen LogP contribution < -0.4 is 5.32 Å². The summed E-state index contributed by atoms with van der Waals surface area (Å²) in [6.07, 6.45) is 0.960. The standard InChI is InChI=1S/C12H17N3/c1-3-13-8-7-11-14-10-6-4-5-9(2)12(10)15-11/h4-6,13H,3,7-8H2,1-2H3,(H,14,15). The van der Waals surface area contributed by atoms with Gasteiger partial charge in [-0.3, -0.25) is 0 Å². The highest BCUT2D eigenvalue weighted by molar-refractivity contribution is 5.78. The lowest BCUT2D eigenvalue weighted by molar-refractivity contribution is 0.702. The number of aromatic nitrogens is 2. The first-order valence-corrected chi connectivity index (χ1v) is 5.46. The molecule has 0 radical (unpaired) electrons. The van der Waals surface area contributed by atoms with E-state index < -0.39 is 0 Å². The molecule has 0 amide bonds. The molecule has 0 aliphatic carbocycles.